The average Bonchev–Trinajstić information content (AvgIpc) is 3.34. The third-order valence-electron chi connectivity index (χ3n) is 6.82. The lowest BCUT2D eigenvalue weighted by Crippen LogP contribution is -2.35. The molecule has 172 valence electrons. The van der Waals surface area contributed by atoms with Crippen molar-refractivity contribution >= 4 is 0 Å². The summed E-state index contributed by atoms with van der Waals surface area (Å²) in [5, 5.41) is 12.2. The topological polar surface area (TPSA) is 74.5 Å². The van der Waals surface area contributed by atoms with Crippen molar-refractivity contribution in [3.05, 3.63) is 71.3 Å². The summed E-state index contributed by atoms with van der Waals surface area (Å²) < 4.78 is 19.5. The predicted octanol–water partition coefficient (Wildman–Crippen LogP) is 4.22. The van der Waals surface area contributed by atoms with E-state index in [0.29, 0.717) is 17.5 Å². The van der Waals surface area contributed by atoms with Crippen LogP contribution in [-0.2, 0) is 12.8 Å². The molecule has 1 atom stereocenters. The zero-order valence-electron chi connectivity index (χ0n) is 19.4. The number of nitrogens with zero attached hydrogens (tertiary/aromatic N) is 5. The number of benzene rings is 3. The third kappa shape index (κ3) is 3.21. The van der Waals surface area contributed by atoms with Crippen LogP contribution in [0.1, 0.15) is 22.7 Å². The molecule has 0 amide bonds. The molecule has 1 aromatic heterocycles. The minimum Gasteiger partial charge on any atom is -0.497 e. The number of para-hydroxylation sites is 1. The monoisotopic (exact) mass is 455 g/mol. The van der Waals surface area contributed by atoms with Crippen LogP contribution in [0.3, 0.4) is 0 Å². The van der Waals surface area contributed by atoms with Gasteiger partial charge in [0.05, 0.1) is 19.9 Å². The van der Waals surface area contributed by atoms with E-state index in [1.165, 1.54) is 16.7 Å². The highest BCUT2D eigenvalue weighted by atomic mass is 16.5. The maximum absolute atomic E-state index is 6.46. The van der Waals surface area contributed by atoms with Gasteiger partial charge in [-0.1, -0.05) is 29.4 Å². The van der Waals surface area contributed by atoms with Gasteiger partial charge in [-0.15, -0.1) is 0 Å². The number of methoxy groups -OCH3 is 2. The first-order valence-corrected chi connectivity index (χ1v) is 11.3. The van der Waals surface area contributed by atoms with Gasteiger partial charge in [0.1, 0.15) is 5.75 Å². The van der Waals surface area contributed by atoms with E-state index < -0.39 is 0 Å². The molecule has 1 unspecified atom stereocenters. The summed E-state index contributed by atoms with van der Waals surface area (Å²) >= 11 is 0. The van der Waals surface area contributed by atoms with Gasteiger partial charge in [-0.05, 0) is 82.9 Å². The Bertz CT molecular complexity index is 1370. The highest BCUT2D eigenvalue weighted by Gasteiger charge is 2.36. The zero-order chi connectivity index (χ0) is 23.2. The number of fused-ring (bicyclic) bond motifs is 2. The van der Waals surface area contributed by atoms with Crippen molar-refractivity contribution in [2.45, 2.75) is 18.9 Å². The van der Waals surface area contributed by atoms with Gasteiger partial charge in [0.15, 0.2) is 11.5 Å². The molecule has 0 saturated carbocycles. The van der Waals surface area contributed by atoms with Crippen molar-refractivity contribution in [1.82, 2.24) is 25.1 Å². The normalized spacial score (nSPS) is 16.5. The molecule has 1 aliphatic carbocycles. The Kier molecular flexibility index (Phi) is 4.95. The van der Waals surface area contributed by atoms with E-state index in [4.69, 9.17) is 14.2 Å². The first-order chi connectivity index (χ1) is 16.7. The molecule has 0 bridgehead atoms. The van der Waals surface area contributed by atoms with E-state index in [1.54, 1.807) is 18.9 Å². The smallest absolute Gasteiger partial charge is 0.346 e. The van der Waals surface area contributed by atoms with Gasteiger partial charge >= 0.3 is 6.01 Å². The van der Waals surface area contributed by atoms with Gasteiger partial charge < -0.3 is 14.2 Å². The lowest BCUT2D eigenvalue weighted by atomic mass is 9.76. The summed E-state index contributed by atoms with van der Waals surface area (Å²) in [7, 11) is 5.55. The SMILES string of the molecule is COc1cc2c3c(c1)-c1c(ccc(OC)c1Oc1nnnn1-c1ccccc1)CC3N(C)CC2. The van der Waals surface area contributed by atoms with Crippen molar-refractivity contribution in [2.24, 2.45) is 0 Å². The fourth-order valence-electron chi connectivity index (χ4n) is 5.15. The Morgan fingerprint density at radius 3 is 2.62 bits per heavy atom. The van der Waals surface area contributed by atoms with Crippen LogP contribution in [0.25, 0.3) is 16.8 Å². The Morgan fingerprint density at radius 2 is 1.82 bits per heavy atom. The molecule has 2 heterocycles. The fourth-order valence-corrected chi connectivity index (χ4v) is 5.15. The van der Waals surface area contributed by atoms with Crippen LogP contribution in [0.4, 0.5) is 0 Å². The third-order valence-corrected chi connectivity index (χ3v) is 6.82. The Morgan fingerprint density at radius 1 is 0.971 bits per heavy atom. The Hall–Kier alpha value is -3.91. The second-order valence-electron chi connectivity index (χ2n) is 8.64. The molecule has 4 aromatic rings. The predicted molar refractivity (Wildman–Crippen MR) is 127 cm³/mol. The number of ether oxygens (including phenoxy) is 3. The van der Waals surface area contributed by atoms with Crippen LogP contribution in [0, 0.1) is 0 Å². The van der Waals surface area contributed by atoms with E-state index in [1.807, 2.05) is 36.4 Å². The highest BCUT2D eigenvalue weighted by molar-refractivity contribution is 5.84. The van der Waals surface area contributed by atoms with Crippen molar-refractivity contribution in [3.8, 4) is 40.1 Å². The molecule has 8 nitrogen and oxygen atoms in total. The number of hydrogen-bond donors (Lipinski definition) is 0. The molecule has 2 aliphatic rings. The first-order valence-electron chi connectivity index (χ1n) is 11.3. The van der Waals surface area contributed by atoms with E-state index in [0.717, 1.165) is 42.0 Å². The molecule has 0 fully saturated rings. The maximum Gasteiger partial charge on any atom is 0.346 e. The van der Waals surface area contributed by atoms with E-state index in [-0.39, 0.29) is 6.01 Å². The van der Waals surface area contributed by atoms with Crippen molar-refractivity contribution < 1.29 is 14.2 Å². The van der Waals surface area contributed by atoms with Crippen molar-refractivity contribution in [3.63, 3.8) is 0 Å². The van der Waals surface area contributed by atoms with Crippen molar-refractivity contribution in [1.29, 1.82) is 0 Å². The molecular formula is C26H25N5O3. The standard InChI is InChI=1S/C26H25N5O3/c1-30-12-11-17-13-19(32-2)15-20-23(17)21(30)14-16-9-10-22(33-3)25(24(16)20)34-26-27-28-29-31(26)18-7-5-4-6-8-18/h4-10,13,15,21H,11-12,14H2,1-3H3. The Balaban J connectivity index is 1.55. The molecule has 6 rings (SSSR count). The van der Waals surface area contributed by atoms with Gasteiger partial charge in [0.25, 0.3) is 0 Å². The van der Waals surface area contributed by atoms with Gasteiger partial charge in [-0.25, -0.2) is 0 Å². The molecular weight excluding hydrogens is 430 g/mol. The summed E-state index contributed by atoms with van der Waals surface area (Å²) in [5.41, 5.74) is 6.78. The molecule has 1 aliphatic heterocycles. The number of tetrazole rings is 1. The lowest BCUT2D eigenvalue weighted by Gasteiger charge is -2.40. The summed E-state index contributed by atoms with van der Waals surface area (Å²) in [6.45, 7) is 1.02. The van der Waals surface area contributed by atoms with Crippen LogP contribution in [0.2, 0.25) is 0 Å². The minimum atomic E-state index is 0.272. The highest BCUT2D eigenvalue weighted by Crippen LogP contribution is 2.52. The van der Waals surface area contributed by atoms with Crippen LogP contribution in [0.15, 0.2) is 54.6 Å². The summed E-state index contributed by atoms with van der Waals surface area (Å²) in [6.07, 6.45) is 1.87. The van der Waals surface area contributed by atoms with Crippen LogP contribution in [0.5, 0.6) is 23.3 Å². The van der Waals surface area contributed by atoms with E-state index in [2.05, 4.69) is 45.7 Å². The summed E-state index contributed by atoms with van der Waals surface area (Å²) in [5.74, 6) is 2.07. The fraction of sp³-hybridized carbons (Fsp3) is 0.269. The van der Waals surface area contributed by atoms with Gasteiger partial charge in [0.2, 0.25) is 0 Å². The maximum atomic E-state index is 6.46. The second-order valence-corrected chi connectivity index (χ2v) is 8.64. The second kappa shape index (κ2) is 8.14. The Labute approximate surface area is 197 Å². The molecule has 0 N–H and O–H groups in total. The van der Waals surface area contributed by atoms with Crippen LogP contribution < -0.4 is 14.2 Å². The molecule has 0 spiro atoms. The molecule has 3 aromatic carbocycles. The average molecular weight is 456 g/mol. The van der Waals surface area contributed by atoms with E-state index in [9.17, 15) is 0 Å². The number of likely N-dealkylation sites (N-methyl/N-ethyl adjacent to an activating group) is 1. The summed E-state index contributed by atoms with van der Waals surface area (Å²) in [6, 6.07) is 18.6. The van der Waals surface area contributed by atoms with Gasteiger partial charge in [0, 0.05) is 18.2 Å². The van der Waals surface area contributed by atoms with Crippen molar-refractivity contribution in [2.75, 3.05) is 27.8 Å². The molecule has 0 radical (unpaired) electrons. The quantitative estimate of drug-likeness (QED) is 0.446. The lowest BCUT2D eigenvalue weighted by molar-refractivity contribution is 0.227. The number of rotatable bonds is 5. The first kappa shape index (κ1) is 20.7. The number of aromatic nitrogens is 4. The number of hydrogen-bond acceptors (Lipinski definition) is 7. The van der Waals surface area contributed by atoms with Crippen LogP contribution >= 0.6 is 0 Å². The zero-order valence-corrected chi connectivity index (χ0v) is 19.4. The minimum absolute atomic E-state index is 0.272. The van der Waals surface area contributed by atoms with Gasteiger partial charge in [-0.3, -0.25) is 4.90 Å². The van der Waals surface area contributed by atoms with E-state index >= 15 is 0 Å². The molecule has 0 saturated heterocycles. The van der Waals surface area contributed by atoms with Gasteiger partial charge in [-0.2, -0.15) is 4.68 Å². The molecule has 34 heavy (non-hydrogen) atoms. The molecule has 8 heteroatoms. The largest absolute Gasteiger partial charge is 0.497 e. The summed E-state index contributed by atoms with van der Waals surface area (Å²) in [4.78, 5) is 2.43. The van der Waals surface area contributed by atoms with Crippen LogP contribution in [-0.4, -0.2) is 52.9 Å².